The number of sulfonamides is 1. The van der Waals surface area contributed by atoms with E-state index in [-0.39, 0.29) is 6.61 Å². The maximum absolute atomic E-state index is 12.1. The SMILES string of the molecule is Cc1oc(-c2ccccc2)nc1CCOc1ccc2c(c1)OCC(C(=O)NS(C)(=O)=O)C2. The average Bonchev–Trinajstić information content (AvgIpc) is 3.13. The predicted molar refractivity (Wildman–Crippen MR) is 118 cm³/mol. The van der Waals surface area contributed by atoms with E-state index in [4.69, 9.17) is 13.9 Å². The number of aryl methyl sites for hydroxylation is 1. The second kappa shape index (κ2) is 9.04. The minimum absolute atomic E-state index is 0.109. The Balaban J connectivity index is 1.34. The minimum atomic E-state index is -3.59. The molecule has 0 bridgehead atoms. The van der Waals surface area contributed by atoms with Crippen molar-refractivity contribution in [3.63, 3.8) is 0 Å². The fraction of sp³-hybridized carbons (Fsp3) is 0.304. The zero-order valence-electron chi connectivity index (χ0n) is 17.8. The summed E-state index contributed by atoms with van der Waals surface area (Å²) in [5, 5.41) is 0. The molecule has 0 aliphatic carbocycles. The van der Waals surface area contributed by atoms with E-state index in [1.165, 1.54) is 0 Å². The molecule has 168 valence electrons. The summed E-state index contributed by atoms with van der Waals surface area (Å²) in [4.78, 5) is 16.7. The van der Waals surface area contributed by atoms with Crippen molar-refractivity contribution >= 4 is 15.9 Å². The van der Waals surface area contributed by atoms with Crippen LogP contribution in [0, 0.1) is 12.8 Å². The standard InChI is InChI=1S/C23H24N2O6S/c1-15-20(24-23(31-15)16-6-4-3-5-7-16)10-11-29-19-9-8-17-12-18(14-30-21(17)13-19)22(26)25-32(2,27)28/h3-9,13,18H,10-12,14H2,1-2H3,(H,25,26). The van der Waals surface area contributed by atoms with Crippen LogP contribution in [0.25, 0.3) is 11.5 Å². The number of ether oxygens (including phenoxy) is 2. The van der Waals surface area contributed by atoms with Gasteiger partial charge in [0.25, 0.3) is 0 Å². The van der Waals surface area contributed by atoms with Gasteiger partial charge in [0.15, 0.2) is 0 Å². The van der Waals surface area contributed by atoms with Gasteiger partial charge in [-0.15, -0.1) is 0 Å². The molecular weight excluding hydrogens is 432 g/mol. The van der Waals surface area contributed by atoms with E-state index in [2.05, 4.69) is 4.98 Å². The molecule has 0 saturated heterocycles. The van der Waals surface area contributed by atoms with Gasteiger partial charge < -0.3 is 13.9 Å². The molecule has 4 rings (SSSR count). The predicted octanol–water partition coefficient (Wildman–Crippen LogP) is 2.90. The van der Waals surface area contributed by atoms with Crippen molar-refractivity contribution in [1.82, 2.24) is 9.71 Å². The zero-order chi connectivity index (χ0) is 22.7. The number of nitrogens with zero attached hydrogens (tertiary/aromatic N) is 1. The van der Waals surface area contributed by atoms with Gasteiger partial charge in [-0.3, -0.25) is 9.52 Å². The number of hydrogen-bond acceptors (Lipinski definition) is 7. The molecule has 32 heavy (non-hydrogen) atoms. The first kappa shape index (κ1) is 21.9. The average molecular weight is 457 g/mol. The highest BCUT2D eigenvalue weighted by Gasteiger charge is 2.28. The molecule has 2 heterocycles. The van der Waals surface area contributed by atoms with Gasteiger partial charge >= 0.3 is 0 Å². The number of hydrogen-bond donors (Lipinski definition) is 1. The molecule has 1 unspecified atom stereocenters. The Hall–Kier alpha value is -3.33. The number of benzene rings is 2. The molecule has 1 aliphatic heterocycles. The molecule has 1 atom stereocenters. The highest BCUT2D eigenvalue weighted by atomic mass is 32.2. The summed E-state index contributed by atoms with van der Waals surface area (Å²) in [6.45, 7) is 2.41. The molecule has 3 aromatic rings. The third-order valence-electron chi connectivity index (χ3n) is 5.12. The summed E-state index contributed by atoms with van der Waals surface area (Å²) < 4.78 is 41.9. The van der Waals surface area contributed by atoms with Crippen molar-refractivity contribution in [2.45, 2.75) is 19.8 Å². The van der Waals surface area contributed by atoms with Gasteiger partial charge in [0.2, 0.25) is 21.8 Å². The molecule has 0 saturated carbocycles. The minimum Gasteiger partial charge on any atom is -0.493 e. The summed E-state index contributed by atoms with van der Waals surface area (Å²) in [7, 11) is -3.59. The molecule has 0 spiro atoms. The van der Waals surface area contributed by atoms with Crippen LogP contribution >= 0.6 is 0 Å². The van der Waals surface area contributed by atoms with Crippen LogP contribution in [0.3, 0.4) is 0 Å². The first-order valence-corrected chi connectivity index (χ1v) is 12.1. The Labute approximate surface area is 186 Å². The first-order chi connectivity index (χ1) is 15.3. The fourth-order valence-electron chi connectivity index (χ4n) is 3.51. The monoisotopic (exact) mass is 456 g/mol. The van der Waals surface area contributed by atoms with Crippen LogP contribution < -0.4 is 14.2 Å². The van der Waals surface area contributed by atoms with Gasteiger partial charge in [-0.1, -0.05) is 24.3 Å². The smallest absolute Gasteiger partial charge is 0.240 e. The van der Waals surface area contributed by atoms with E-state index < -0.39 is 21.8 Å². The Morgan fingerprint density at radius 3 is 2.75 bits per heavy atom. The molecule has 8 nitrogen and oxygen atoms in total. The summed E-state index contributed by atoms with van der Waals surface area (Å²) in [6.07, 6.45) is 1.94. The van der Waals surface area contributed by atoms with Gasteiger partial charge in [-0.05, 0) is 37.1 Å². The number of carbonyl (C=O) groups is 1. The van der Waals surface area contributed by atoms with Crippen LogP contribution in [-0.2, 0) is 27.7 Å². The number of aromatic nitrogens is 1. The van der Waals surface area contributed by atoms with Crippen LogP contribution in [0.2, 0.25) is 0 Å². The molecule has 0 fully saturated rings. The van der Waals surface area contributed by atoms with Crippen molar-refractivity contribution in [3.05, 3.63) is 65.5 Å². The highest BCUT2D eigenvalue weighted by Crippen LogP contribution is 2.31. The van der Waals surface area contributed by atoms with Crippen molar-refractivity contribution < 1.29 is 27.1 Å². The van der Waals surface area contributed by atoms with Gasteiger partial charge in [0.05, 0.1) is 24.5 Å². The van der Waals surface area contributed by atoms with Crippen LogP contribution in [0.1, 0.15) is 17.0 Å². The molecular formula is C23H24N2O6S. The Morgan fingerprint density at radius 1 is 1.22 bits per heavy atom. The third-order valence-corrected chi connectivity index (χ3v) is 5.69. The lowest BCUT2D eigenvalue weighted by Gasteiger charge is -2.24. The molecule has 1 N–H and O–H groups in total. The lowest BCUT2D eigenvalue weighted by atomic mass is 9.96. The van der Waals surface area contributed by atoms with Gasteiger partial charge in [0.1, 0.15) is 23.9 Å². The number of nitrogens with one attached hydrogen (secondary N) is 1. The van der Waals surface area contributed by atoms with E-state index in [1.807, 2.05) is 54.1 Å². The summed E-state index contributed by atoms with van der Waals surface area (Å²) in [6, 6.07) is 15.2. The van der Waals surface area contributed by atoms with Crippen LogP contribution in [0.4, 0.5) is 0 Å². The number of rotatable bonds is 7. The highest BCUT2D eigenvalue weighted by molar-refractivity contribution is 7.89. The third kappa shape index (κ3) is 5.28. The molecule has 0 radical (unpaired) electrons. The van der Waals surface area contributed by atoms with Gasteiger partial charge in [0, 0.05) is 18.1 Å². The van der Waals surface area contributed by atoms with E-state index >= 15 is 0 Å². The fourth-order valence-corrected chi connectivity index (χ4v) is 4.04. The maximum Gasteiger partial charge on any atom is 0.240 e. The van der Waals surface area contributed by atoms with Gasteiger partial charge in [-0.2, -0.15) is 0 Å². The maximum atomic E-state index is 12.1. The normalized spacial score (nSPS) is 15.5. The quantitative estimate of drug-likeness (QED) is 0.582. The summed E-state index contributed by atoms with van der Waals surface area (Å²) in [5.41, 5.74) is 2.60. The van der Waals surface area contributed by atoms with E-state index in [0.29, 0.717) is 36.8 Å². The van der Waals surface area contributed by atoms with Crippen LogP contribution in [-0.4, -0.2) is 38.8 Å². The molecule has 9 heteroatoms. The molecule has 1 amide bonds. The topological polar surface area (TPSA) is 108 Å². The second-order valence-corrected chi connectivity index (χ2v) is 9.45. The molecule has 1 aromatic heterocycles. The Morgan fingerprint density at radius 2 is 2.00 bits per heavy atom. The zero-order valence-corrected chi connectivity index (χ0v) is 18.6. The van der Waals surface area contributed by atoms with E-state index in [0.717, 1.165) is 28.8 Å². The van der Waals surface area contributed by atoms with E-state index in [1.54, 1.807) is 6.07 Å². The molecule has 2 aromatic carbocycles. The number of carbonyl (C=O) groups excluding carboxylic acids is 1. The lowest BCUT2D eigenvalue weighted by molar-refractivity contribution is -0.124. The van der Waals surface area contributed by atoms with Crippen LogP contribution in [0.15, 0.2) is 52.9 Å². The largest absolute Gasteiger partial charge is 0.493 e. The van der Waals surface area contributed by atoms with Crippen molar-refractivity contribution in [1.29, 1.82) is 0 Å². The Bertz CT molecular complexity index is 1220. The molecule has 1 aliphatic rings. The first-order valence-electron chi connectivity index (χ1n) is 10.2. The van der Waals surface area contributed by atoms with Crippen molar-refractivity contribution in [2.75, 3.05) is 19.5 Å². The Kier molecular flexibility index (Phi) is 6.18. The van der Waals surface area contributed by atoms with Crippen molar-refractivity contribution in [2.24, 2.45) is 5.92 Å². The summed E-state index contributed by atoms with van der Waals surface area (Å²) in [5.74, 6) is 1.52. The second-order valence-electron chi connectivity index (χ2n) is 7.71. The van der Waals surface area contributed by atoms with Crippen molar-refractivity contribution in [3.8, 4) is 23.0 Å². The number of fused-ring (bicyclic) bond motifs is 1. The summed E-state index contributed by atoms with van der Waals surface area (Å²) >= 11 is 0. The van der Waals surface area contributed by atoms with Crippen LogP contribution in [0.5, 0.6) is 11.5 Å². The van der Waals surface area contributed by atoms with Gasteiger partial charge in [-0.25, -0.2) is 13.4 Å². The number of amides is 1. The lowest BCUT2D eigenvalue weighted by Crippen LogP contribution is -2.39. The number of oxazole rings is 1. The van der Waals surface area contributed by atoms with E-state index in [9.17, 15) is 13.2 Å².